The fourth-order valence-corrected chi connectivity index (χ4v) is 6.67. The van der Waals surface area contributed by atoms with Crippen LogP contribution in [0.5, 0.6) is 5.75 Å². The number of allylic oxidation sites excluding steroid dienone is 4. The zero-order valence-corrected chi connectivity index (χ0v) is 23.9. The van der Waals surface area contributed by atoms with Crippen LogP contribution in [0, 0.1) is 10.7 Å². The molecule has 1 aromatic rings. The molecular weight excluding hydrogens is 701 g/mol. The molecule has 162 valence electrons. The molecule has 0 unspecified atom stereocenters. The SMILES string of the molecule is CCCCC/C=C\C/C=C\CCCCCCCC(=O)Oc1c(I)cc(I)cc1I. The highest BCUT2D eigenvalue weighted by Crippen LogP contribution is 2.30. The standard InChI is InChI=1S/C24H33I3O2/c1-2-3-4-5-6-7-8-9-10-11-12-13-14-15-16-17-23(28)29-24-21(26)18-20(25)19-22(24)27/h6-7,9-10,18-19H,2-5,8,11-17H2,1H3/b7-6-,10-9-. The van der Waals surface area contributed by atoms with Gasteiger partial charge < -0.3 is 4.74 Å². The van der Waals surface area contributed by atoms with E-state index in [0.29, 0.717) is 12.2 Å². The molecule has 0 aliphatic carbocycles. The second-order valence-electron chi connectivity index (χ2n) is 7.15. The highest BCUT2D eigenvalue weighted by molar-refractivity contribution is 14.1. The summed E-state index contributed by atoms with van der Waals surface area (Å²) in [5.74, 6) is 0.590. The molecule has 0 spiro atoms. The third kappa shape index (κ3) is 14.1. The quantitative estimate of drug-likeness (QED) is 0.0591. The van der Waals surface area contributed by atoms with Gasteiger partial charge in [-0.25, -0.2) is 0 Å². The van der Waals surface area contributed by atoms with E-state index < -0.39 is 0 Å². The van der Waals surface area contributed by atoms with Crippen molar-refractivity contribution in [3.63, 3.8) is 0 Å². The summed E-state index contributed by atoms with van der Waals surface area (Å²) >= 11 is 6.74. The van der Waals surface area contributed by atoms with Crippen LogP contribution in [0.2, 0.25) is 0 Å². The molecule has 1 rings (SSSR count). The van der Waals surface area contributed by atoms with Gasteiger partial charge in [-0.05, 0) is 118 Å². The molecule has 0 amide bonds. The fourth-order valence-electron chi connectivity index (χ4n) is 2.87. The number of esters is 1. The van der Waals surface area contributed by atoms with Crippen molar-refractivity contribution in [2.75, 3.05) is 0 Å². The summed E-state index contributed by atoms with van der Waals surface area (Å²) in [5, 5.41) is 0. The zero-order chi connectivity index (χ0) is 21.3. The van der Waals surface area contributed by atoms with Crippen LogP contribution in [-0.4, -0.2) is 5.97 Å². The Morgan fingerprint density at radius 3 is 2.00 bits per heavy atom. The number of benzene rings is 1. The van der Waals surface area contributed by atoms with Crippen LogP contribution in [0.25, 0.3) is 0 Å². The van der Waals surface area contributed by atoms with E-state index >= 15 is 0 Å². The second-order valence-corrected chi connectivity index (χ2v) is 10.7. The first-order chi connectivity index (χ1) is 14.0. The van der Waals surface area contributed by atoms with E-state index in [9.17, 15) is 4.79 Å². The van der Waals surface area contributed by atoms with E-state index in [4.69, 9.17) is 4.74 Å². The third-order valence-corrected chi connectivity index (χ3v) is 6.74. The summed E-state index contributed by atoms with van der Waals surface area (Å²) in [6.45, 7) is 2.24. The Morgan fingerprint density at radius 2 is 1.38 bits per heavy atom. The number of rotatable bonds is 15. The maximum absolute atomic E-state index is 12.1. The topological polar surface area (TPSA) is 26.3 Å². The fraction of sp³-hybridized carbons (Fsp3) is 0.542. The number of hydrogen-bond acceptors (Lipinski definition) is 2. The van der Waals surface area contributed by atoms with Gasteiger partial charge in [0.05, 0.1) is 7.14 Å². The van der Waals surface area contributed by atoms with E-state index in [1.165, 1.54) is 44.9 Å². The Kier molecular flexibility index (Phi) is 17.0. The molecule has 0 fully saturated rings. The molecule has 2 nitrogen and oxygen atoms in total. The van der Waals surface area contributed by atoms with Crippen molar-refractivity contribution in [2.24, 2.45) is 0 Å². The molecule has 0 N–H and O–H groups in total. The molecule has 0 heterocycles. The summed E-state index contributed by atoms with van der Waals surface area (Å²) < 4.78 is 8.72. The Labute approximate surface area is 218 Å². The minimum absolute atomic E-state index is 0.118. The lowest BCUT2D eigenvalue weighted by atomic mass is 10.1. The van der Waals surface area contributed by atoms with Gasteiger partial charge in [0.25, 0.3) is 0 Å². The van der Waals surface area contributed by atoms with E-state index in [2.05, 4.69) is 99.0 Å². The lowest BCUT2D eigenvalue weighted by Crippen LogP contribution is -2.09. The summed E-state index contributed by atoms with van der Waals surface area (Å²) in [6.07, 6.45) is 22.7. The molecule has 0 atom stereocenters. The van der Waals surface area contributed by atoms with Gasteiger partial charge in [-0.2, -0.15) is 0 Å². The van der Waals surface area contributed by atoms with Gasteiger partial charge in [0.1, 0.15) is 0 Å². The van der Waals surface area contributed by atoms with Gasteiger partial charge >= 0.3 is 5.97 Å². The molecule has 0 bridgehead atoms. The van der Waals surface area contributed by atoms with Gasteiger partial charge in [0.15, 0.2) is 5.75 Å². The first-order valence-corrected chi connectivity index (χ1v) is 13.9. The minimum Gasteiger partial charge on any atom is -0.424 e. The van der Waals surface area contributed by atoms with Gasteiger partial charge in [0.2, 0.25) is 0 Å². The monoisotopic (exact) mass is 734 g/mol. The number of ether oxygens (including phenoxy) is 1. The number of halogens is 3. The van der Waals surface area contributed by atoms with Crippen LogP contribution in [0.15, 0.2) is 36.4 Å². The molecule has 0 radical (unpaired) electrons. The second kappa shape index (κ2) is 18.0. The lowest BCUT2D eigenvalue weighted by molar-refractivity contribution is -0.134. The third-order valence-electron chi connectivity index (χ3n) is 4.51. The van der Waals surface area contributed by atoms with E-state index in [1.54, 1.807) is 0 Å². The van der Waals surface area contributed by atoms with Crippen LogP contribution < -0.4 is 4.74 Å². The smallest absolute Gasteiger partial charge is 0.311 e. The van der Waals surface area contributed by atoms with Crippen molar-refractivity contribution in [2.45, 2.75) is 84.0 Å². The van der Waals surface area contributed by atoms with Crippen molar-refractivity contribution in [1.82, 2.24) is 0 Å². The summed E-state index contributed by atoms with van der Waals surface area (Å²) in [5.41, 5.74) is 0. The summed E-state index contributed by atoms with van der Waals surface area (Å²) in [7, 11) is 0. The van der Waals surface area contributed by atoms with Crippen molar-refractivity contribution >= 4 is 73.7 Å². The van der Waals surface area contributed by atoms with Crippen molar-refractivity contribution < 1.29 is 9.53 Å². The van der Waals surface area contributed by atoms with Crippen molar-refractivity contribution in [3.05, 3.63) is 47.1 Å². The molecule has 0 saturated heterocycles. The maximum Gasteiger partial charge on any atom is 0.311 e. The van der Waals surface area contributed by atoms with Gasteiger partial charge in [-0.15, -0.1) is 0 Å². The van der Waals surface area contributed by atoms with Crippen LogP contribution in [0.4, 0.5) is 0 Å². The predicted octanol–water partition coefficient (Wildman–Crippen LogP) is 9.22. The molecule has 0 aliphatic rings. The molecule has 5 heteroatoms. The Hall–Kier alpha value is 0.360. The Morgan fingerprint density at radius 1 is 0.828 bits per heavy atom. The highest BCUT2D eigenvalue weighted by Gasteiger charge is 2.12. The molecule has 1 aromatic carbocycles. The maximum atomic E-state index is 12.1. The van der Waals surface area contributed by atoms with E-state index in [1.807, 2.05) is 12.1 Å². The highest BCUT2D eigenvalue weighted by atomic mass is 127. The van der Waals surface area contributed by atoms with E-state index in [0.717, 1.165) is 36.4 Å². The number of carbonyl (C=O) groups is 1. The van der Waals surface area contributed by atoms with Crippen molar-refractivity contribution in [3.8, 4) is 5.75 Å². The minimum atomic E-state index is -0.118. The van der Waals surface area contributed by atoms with Gasteiger partial charge in [-0.3, -0.25) is 4.79 Å². The molecule has 29 heavy (non-hydrogen) atoms. The van der Waals surface area contributed by atoms with Gasteiger partial charge in [-0.1, -0.05) is 63.3 Å². The molecule has 0 saturated carbocycles. The van der Waals surface area contributed by atoms with Crippen LogP contribution in [0.1, 0.15) is 84.0 Å². The first kappa shape index (κ1) is 27.4. The normalized spacial score (nSPS) is 11.6. The number of hydrogen-bond donors (Lipinski definition) is 0. The van der Waals surface area contributed by atoms with Crippen LogP contribution in [-0.2, 0) is 4.79 Å². The summed E-state index contributed by atoms with van der Waals surface area (Å²) in [6, 6.07) is 4.06. The molecule has 0 aromatic heterocycles. The Bertz CT molecular complexity index is 631. The lowest BCUT2D eigenvalue weighted by Gasteiger charge is -2.09. The average molecular weight is 734 g/mol. The van der Waals surface area contributed by atoms with E-state index in [-0.39, 0.29) is 5.97 Å². The van der Waals surface area contributed by atoms with Gasteiger partial charge in [0, 0.05) is 9.99 Å². The first-order valence-electron chi connectivity index (χ1n) is 10.7. The predicted molar refractivity (Wildman–Crippen MR) is 150 cm³/mol. The molecular formula is C24H33I3O2. The largest absolute Gasteiger partial charge is 0.424 e. The Balaban J connectivity index is 2.02. The average Bonchev–Trinajstić information content (AvgIpc) is 2.67. The molecule has 0 aliphatic heterocycles. The van der Waals surface area contributed by atoms with Crippen LogP contribution in [0.3, 0.4) is 0 Å². The number of carbonyl (C=O) groups excluding carboxylic acids is 1. The van der Waals surface area contributed by atoms with Crippen LogP contribution >= 0.6 is 67.8 Å². The number of unbranched alkanes of at least 4 members (excludes halogenated alkanes) is 8. The van der Waals surface area contributed by atoms with Crippen molar-refractivity contribution in [1.29, 1.82) is 0 Å². The summed E-state index contributed by atoms with van der Waals surface area (Å²) in [4.78, 5) is 12.1. The zero-order valence-electron chi connectivity index (χ0n) is 17.4.